The second kappa shape index (κ2) is 11.5. The highest BCUT2D eigenvalue weighted by Crippen LogP contribution is 2.41. The molecule has 6 rings (SSSR count). The third kappa shape index (κ3) is 5.92. The Morgan fingerprint density at radius 2 is 2.02 bits per heavy atom. The normalized spacial score (nSPS) is 22.5. The molecule has 2 saturated carbocycles. The summed E-state index contributed by atoms with van der Waals surface area (Å²) in [6, 6.07) is -2.65. The Morgan fingerprint density at radius 1 is 1.26 bits per heavy atom. The molecule has 16 heteroatoms. The molecule has 3 aromatic rings. The minimum atomic E-state index is -4.59. The number of hydrogen-bond donors (Lipinski definition) is 2. The number of halogens is 4. The van der Waals surface area contributed by atoms with Crippen LogP contribution in [0.1, 0.15) is 84.0 Å². The van der Waals surface area contributed by atoms with Gasteiger partial charge in [-0.25, -0.2) is 23.3 Å². The third-order valence-electron chi connectivity index (χ3n) is 8.37. The van der Waals surface area contributed by atoms with E-state index >= 15 is 0 Å². The number of amides is 3. The molecule has 4 heterocycles. The molecule has 0 radical (unpaired) electrons. The van der Waals surface area contributed by atoms with Crippen molar-refractivity contribution in [3.8, 4) is 0 Å². The summed E-state index contributed by atoms with van der Waals surface area (Å²) in [6.45, 7) is -0.643. The molecule has 0 unspecified atom stereocenters. The zero-order valence-electron chi connectivity index (χ0n) is 23.2. The Morgan fingerprint density at radius 3 is 2.67 bits per heavy atom. The number of ether oxygens (including phenoxy) is 1. The van der Waals surface area contributed by atoms with Crippen LogP contribution in [-0.2, 0) is 4.74 Å². The molecule has 0 bridgehead atoms. The Labute approximate surface area is 242 Å². The van der Waals surface area contributed by atoms with E-state index in [2.05, 4.69) is 20.7 Å². The smallest absolute Gasteiger partial charge is 0.382 e. The van der Waals surface area contributed by atoms with Crippen LogP contribution in [0.15, 0.2) is 35.0 Å². The quantitative estimate of drug-likeness (QED) is 0.347. The average molecular weight is 607 g/mol. The fourth-order valence-electron chi connectivity index (χ4n) is 5.85. The SMILES string of the molecule is COC[C@H](c1cnn2cc([C@H](NC(=O)c3nonc3C3CC3)C3CCC(=CF)CC3)nc2c1)N1C[C@@H](C(F)(F)F)NC1=O. The number of allylic oxidation sites excluding steroid dienone is 1. The highest BCUT2D eigenvalue weighted by molar-refractivity contribution is 5.93. The van der Waals surface area contributed by atoms with Crippen molar-refractivity contribution < 1.29 is 36.5 Å². The number of fused-ring (bicyclic) bond motifs is 1. The van der Waals surface area contributed by atoms with Gasteiger partial charge in [-0.15, -0.1) is 0 Å². The Hall–Kier alpha value is -4.08. The van der Waals surface area contributed by atoms with Crippen molar-refractivity contribution in [2.24, 2.45) is 5.92 Å². The number of alkyl halides is 3. The first-order valence-electron chi connectivity index (χ1n) is 14.1. The van der Waals surface area contributed by atoms with E-state index in [9.17, 15) is 27.2 Å². The second-order valence-electron chi connectivity index (χ2n) is 11.3. The van der Waals surface area contributed by atoms with Crippen LogP contribution in [0.25, 0.3) is 5.65 Å². The van der Waals surface area contributed by atoms with Crippen molar-refractivity contribution >= 4 is 17.6 Å². The summed E-state index contributed by atoms with van der Waals surface area (Å²) in [6.07, 6.45) is 3.27. The summed E-state index contributed by atoms with van der Waals surface area (Å²) in [7, 11) is 1.39. The Bertz CT molecular complexity index is 1520. The summed E-state index contributed by atoms with van der Waals surface area (Å²) in [5.41, 5.74) is 2.65. The molecular formula is C27H30F4N8O4. The van der Waals surface area contributed by atoms with Crippen LogP contribution in [0.5, 0.6) is 0 Å². The van der Waals surface area contributed by atoms with Crippen molar-refractivity contribution in [1.29, 1.82) is 0 Å². The predicted molar refractivity (Wildman–Crippen MR) is 140 cm³/mol. The van der Waals surface area contributed by atoms with Gasteiger partial charge in [0.2, 0.25) is 0 Å². The summed E-state index contributed by atoms with van der Waals surface area (Å²) in [4.78, 5) is 31.7. The van der Waals surface area contributed by atoms with Crippen LogP contribution in [0.2, 0.25) is 0 Å². The number of urea groups is 1. The van der Waals surface area contributed by atoms with Gasteiger partial charge in [0.15, 0.2) is 11.3 Å². The maximum Gasteiger partial charge on any atom is 0.410 e. The van der Waals surface area contributed by atoms with Crippen LogP contribution in [-0.4, -0.2) is 74.2 Å². The molecule has 230 valence electrons. The molecule has 3 aliphatic rings. The number of nitrogens with one attached hydrogen (secondary N) is 2. The van der Waals surface area contributed by atoms with E-state index in [0.717, 1.165) is 17.7 Å². The highest BCUT2D eigenvalue weighted by atomic mass is 19.4. The number of imidazole rings is 1. The van der Waals surface area contributed by atoms with E-state index < -0.39 is 42.8 Å². The van der Waals surface area contributed by atoms with E-state index in [0.29, 0.717) is 60.2 Å². The molecular weight excluding hydrogens is 576 g/mol. The first-order chi connectivity index (χ1) is 20.7. The number of hydrogen-bond acceptors (Lipinski definition) is 8. The Balaban J connectivity index is 1.29. The van der Waals surface area contributed by atoms with Gasteiger partial charge in [0.05, 0.1) is 49.7 Å². The first kappa shape index (κ1) is 29.0. The summed E-state index contributed by atoms with van der Waals surface area (Å²) in [5, 5.41) is 17.2. The van der Waals surface area contributed by atoms with Gasteiger partial charge in [-0.2, -0.15) is 18.3 Å². The number of carbonyl (C=O) groups is 2. The molecule has 2 N–H and O–H groups in total. The van der Waals surface area contributed by atoms with Gasteiger partial charge in [0, 0.05) is 18.6 Å². The predicted octanol–water partition coefficient (Wildman–Crippen LogP) is 4.15. The monoisotopic (exact) mass is 606 g/mol. The lowest BCUT2D eigenvalue weighted by molar-refractivity contribution is -0.150. The zero-order valence-corrected chi connectivity index (χ0v) is 23.2. The van der Waals surface area contributed by atoms with E-state index in [1.165, 1.54) is 17.8 Å². The maximum atomic E-state index is 13.4. The molecule has 0 aromatic carbocycles. The van der Waals surface area contributed by atoms with Crippen molar-refractivity contribution in [2.75, 3.05) is 20.3 Å². The highest BCUT2D eigenvalue weighted by Gasteiger charge is 2.48. The molecule has 0 spiro atoms. The molecule has 3 amide bonds. The fourth-order valence-corrected chi connectivity index (χ4v) is 5.85. The first-order valence-corrected chi connectivity index (χ1v) is 14.1. The van der Waals surface area contributed by atoms with Gasteiger partial charge < -0.3 is 20.3 Å². The number of carbonyl (C=O) groups excluding carboxylic acids is 2. The van der Waals surface area contributed by atoms with Gasteiger partial charge in [0.25, 0.3) is 5.91 Å². The lowest BCUT2D eigenvalue weighted by Crippen LogP contribution is -2.40. The zero-order chi connectivity index (χ0) is 30.3. The average Bonchev–Trinajstić information content (AvgIpc) is 3.37. The molecule has 1 saturated heterocycles. The second-order valence-corrected chi connectivity index (χ2v) is 11.3. The van der Waals surface area contributed by atoms with Gasteiger partial charge >= 0.3 is 12.2 Å². The van der Waals surface area contributed by atoms with Crippen molar-refractivity contribution in [3.05, 3.63) is 53.0 Å². The molecule has 1 aliphatic heterocycles. The van der Waals surface area contributed by atoms with Gasteiger partial charge in [-0.05, 0) is 61.2 Å². The van der Waals surface area contributed by atoms with E-state index in [1.54, 1.807) is 12.3 Å². The van der Waals surface area contributed by atoms with Gasteiger partial charge in [0.1, 0.15) is 11.7 Å². The molecule has 3 fully saturated rings. The van der Waals surface area contributed by atoms with Crippen LogP contribution in [0, 0.1) is 5.92 Å². The van der Waals surface area contributed by atoms with Crippen molar-refractivity contribution in [2.45, 2.75) is 68.7 Å². The lowest BCUT2D eigenvalue weighted by Gasteiger charge is -2.30. The largest absolute Gasteiger partial charge is 0.410 e. The Kier molecular flexibility index (Phi) is 7.79. The summed E-state index contributed by atoms with van der Waals surface area (Å²) in [5.74, 6) is -0.389. The maximum absolute atomic E-state index is 13.4. The minimum Gasteiger partial charge on any atom is -0.382 e. The molecule has 3 atom stereocenters. The molecule has 12 nitrogen and oxygen atoms in total. The van der Waals surface area contributed by atoms with Gasteiger partial charge in [-0.3, -0.25) is 4.79 Å². The number of nitrogens with zero attached hydrogens (tertiary/aromatic N) is 6. The number of rotatable bonds is 9. The topological polar surface area (TPSA) is 140 Å². The van der Waals surface area contributed by atoms with Crippen molar-refractivity contribution in [1.82, 2.24) is 40.4 Å². The van der Waals surface area contributed by atoms with E-state index in [-0.39, 0.29) is 24.1 Å². The minimum absolute atomic E-state index is 0.0658. The van der Waals surface area contributed by atoms with E-state index in [4.69, 9.17) is 14.3 Å². The lowest BCUT2D eigenvalue weighted by atomic mass is 9.80. The third-order valence-corrected chi connectivity index (χ3v) is 8.37. The van der Waals surface area contributed by atoms with Gasteiger partial charge in [-0.1, -0.05) is 5.16 Å². The molecule has 43 heavy (non-hydrogen) atoms. The van der Waals surface area contributed by atoms with Crippen LogP contribution in [0.4, 0.5) is 22.4 Å². The number of aromatic nitrogens is 5. The molecule has 2 aliphatic carbocycles. The summed E-state index contributed by atoms with van der Waals surface area (Å²) >= 11 is 0. The number of methoxy groups -OCH3 is 1. The van der Waals surface area contributed by atoms with Crippen molar-refractivity contribution in [3.63, 3.8) is 0 Å². The van der Waals surface area contributed by atoms with E-state index in [1.807, 2.05) is 5.32 Å². The molecule has 3 aromatic heterocycles. The van der Waals surface area contributed by atoms with Crippen LogP contribution in [0.3, 0.4) is 0 Å². The van der Waals surface area contributed by atoms with Crippen LogP contribution < -0.4 is 10.6 Å². The van der Waals surface area contributed by atoms with Crippen LogP contribution >= 0.6 is 0 Å². The fraction of sp³-hybridized carbons (Fsp3) is 0.556. The standard InChI is InChI=1S/C27H30F4N8O4/c1-42-13-19(38-12-20(27(29,30)31)34-26(38)41)17-8-21-33-18(11-39(21)32-10-17)22(15-4-2-14(9-28)3-5-15)35-25(40)24-23(16-6-7-16)36-43-37-24/h8-11,15-16,19-20,22H,2-7,12-13H2,1H3,(H,34,41)(H,35,40)/t15?,19-,20+,22-/m1/s1. The summed E-state index contributed by atoms with van der Waals surface area (Å²) < 4.78 is 64.8.